The van der Waals surface area contributed by atoms with Gasteiger partial charge in [0.15, 0.2) is 5.76 Å². The Balaban J connectivity index is 0.000000516. The fraction of sp³-hybridized carbons (Fsp3) is 0.448. The minimum absolute atomic E-state index is 0.414. The van der Waals surface area contributed by atoms with Crippen molar-refractivity contribution in [3.8, 4) is 23.0 Å². The Kier molecular flexibility index (Phi) is 16.1. The summed E-state index contributed by atoms with van der Waals surface area (Å²) in [6.07, 6.45) is 17.7. The van der Waals surface area contributed by atoms with Gasteiger partial charge in [0.05, 0.1) is 21.5 Å². The van der Waals surface area contributed by atoms with Crippen LogP contribution in [-0.2, 0) is 11.3 Å². The van der Waals surface area contributed by atoms with E-state index in [1.165, 1.54) is 37.3 Å². The number of terminal acetylenes is 1. The Morgan fingerprint density at radius 3 is 2.43 bits per heavy atom. The van der Waals surface area contributed by atoms with E-state index in [1.807, 2.05) is 67.3 Å². The van der Waals surface area contributed by atoms with E-state index in [-0.39, 0.29) is 0 Å². The van der Waals surface area contributed by atoms with Crippen molar-refractivity contribution < 1.29 is 9.32 Å². The number of rotatable bonds is 10. The van der Waals surface area contributed by atoms with Crippen molar-refractivity contribution in [3.05, 3.63) is 64.3 Å². The molecule has 1 amide bonds. The number of hydrogen-bond donors (Lipinski definition) is 1. The Hall–Kier alpha value is -2.79. The number of nitrogens with two attached hydrogens (primary N) is 1. The summed E-state index contributed by atoms with van der Waals surface area (Å²) < 4.78 is 6.11. The molecule has 0 radical (unpaired) electrons. The number of amides is 1. The highest BCUT2D eigenvalue weighted by molar-refractivity contribution is 7.19. The van der Waals surface area contributed by atoms with Crippen molar-refractivity contribution >= 4 is 28.8 Å². The van der Waals surface area contributed by atoms with Crippen LogP contribution in [0.5, 0.6) is 0 Å². The number of hydrogen-bond acceptors (Lipinski definition) is 6. The fourth-order valence-electron chi connectivity index (χ4n) is 3.58. The zero-order valence-corrected chi connectivity index (χ0v) is 24.3. The smallest absolute Gasteiger partial charge is 0.264 e. The summed E-state index contributed by atoms with van der Waals surface area (Å²) >= 11 is 7.40. The maximum atomic E-state index is 11.9. The van der Waals surface area contributed by atoms with Crippen LogP contribution in [0.1, 0.15) is 59.6 Å². The Labute approximate surface area is 231 Å². The summed E-state index contributed by atoms with van der Waals surface area (Å²) in [6.45, 7) is 13.7. The molecule has 0 bridgehead atoms. The fourth-order valence-corrected chi connectivity index (χ4v) is 4.58. The third-order valence-corrected chi connectivity index (χ3v) is 6.68. The normalized spacial score (nSPS) is 13.8. The van der Waals surface area contributed by atoms with Gasteiger partial charge < -0.3 is 20.1 Å². The summed E-state index contributed by atoms with van der Waals surface area (Å²) in [5, 5.41) is 4.12. The first-order valence-corrected chi connectivity index (χ1v) is 13.8. The van der Waals surface area contributed by atoms with Crippen molar-refractivity contribution in [1.29, 1.82) is 0 Å². The summed E-state index contributed by atoms with van der Waals surface area (Å²) in [5.41, 5.74) is 6.77. The largest absolute Gasteiger partial charge is 0.364 e. The summed E-state index contributed by atoms with van der Waals surface area (Å²) in [7, 11) is 0. The Morgan fingerprint density at radius 2 is 1.95 bits per heavy atom. The maximum absolute atomic E-state index is 11.9. The van der Waals surface area contributed by atoms with Gasteiger partial charge >= 0.3 is 0 Å². The topological polar surface area (TPSA) is 75.6 Å². The quantitative estimate of drug-likeness (QED) is 0.200. The van der Waals surface area contributed by atoms with Crippen LogP contribution in [0.15, 0.2) is 58.8 Å². The molecule has 1 saturated heterocycles. The van der Waals surface area contributed by atoms with E-state index in [0.29, 0.717) is 41.0 Å². The first-order valence-electron chi connectivity index (χ1n) is 12.6. The van der Waals surface area contributed by atoms with Gasteiger partial charge in [-0.3, -0.25) is 4.79 Å². The zero-order valence-electron chi connectivity index (χ0n) is 22.7. The highest BCUT2D eigenvalue weighted by atomic mass is 35.5. The summed E-state index contributed by atoms with van der Waals surface area (Å²) in [5.74, 6) is 2.44. The molecule has 1 aliphatic heterocycles. The third kappa shape index (κ3) is 12.3. The van der Waals surface area contributed by atoms with Crippen molar-refractivity contribution in [1.82, 2.24) is 15.0 Å². The molecule has 1 fully saturated rings. The van der Waals surface area contributed by atoms with E-state index < -0.39 is 5.91 Å². The Morgan fingerprint density at radius 1 is 1.30 bits per heavy atom. The van der Waals surface area contributed by atoms with Crippen LogP contribution >= 0.6 is 22.9 Å². The number of nitrogens with zero attached hydrogens (tertiary/aromatic N) is 3. The van der Waals surface area contributed by atoms with E-state index in [0.717, 1.165) is 10.9 Å². The lowest BCUT2D eigenvalue weighted by molar-refractivity contribution is -0.116. The van der Waals surface area contributed by atoms with Gasteiger partial charge in [-0.05, 0) is 79.1 Å². The molecule has 0 aromatic carbocycles. The van der Waals surface area contributed by atoms with Gasteiger partial charge in [-0.1, -0.05) is 47.1 Å². The number of likely N-dealkylation sites (tertiary alicyclic amines) is 1. The van der Waals surface area contributed by atoms with Gasteiger partial charge in [-0.15, -0.1) is 23.7 Å². The lowest BCUT2D eigenvalue weighted by atomic mass is 10.2. The van der Waals surface area contributed by atoms with E-state index in [4.69, 9.17) is 21.9 Å². The molecule has 6 nitrogen and oxygen atoms in total. The molecule has 0 atom stereocenters. The predicted molar refractivity (Wildman–Crippen MR) is 157 cm³/mol. The first-order chi connectivity index (χ1) is 17.8. The van der Waals surface area contributed by atoms with Gasteiger partial charge in [0.1, 0.15) is 5.69 Å². The highest BCUT2D eigenvalue weighted by Crippen LogP contribution is 2.31. The van der Waals surface area contributed by atoms with Crippen molar-refractivity contribution in [2.24, 2.45) is 5.73 Å². The molecule has 37 heavy (non-hydrogen) atoms. The van der Waals surface area contributed by atoms with Crippen molar-refractivity contribution in [2.45, 2.75) is 66.5 Å². The maximum Gasteiger partial charge on any atom is 0.264 e. The summed E-state index contributed by atoms with van der Waals surface area (Å²) in [4.78, 5) is 17.2. The molecule has 0 unspecified atom stereocenters. The van der Waals surface area contributed by atoms with Crippen LogP contribution in [-0.4, -0.2) is 46.5 Å². The third-order valence-electron chi connectivity index (χ3n) is 5.44. The lowest BCUT2D eigenvalue weighted by Gasteiger charge is -2.23. The summed E-state index contributed by atoms with van der Waals surface area (Å²) in [6, 6.07) is 6.34. The number of primary amides is 1. The van der Waals surface area contributed by atoms with Crippen LogP contribution in [0.3, 0.4) is 0 Å². The SMILES string of the molecule is C#CC.C/C=C\C/C=C(/C(N)=O)N(C/C=C\C)Cc1cc(-c2ccc(Cl)s2)on1.CC(C)N1CCCC1. The van der Waals surface area contributed by atoms with Gasteiger partial charge in [0.2, 0.25) is 0 Å². The van der Waals surface area contributed by atoms with Crippen LogP contribution in [0.2, 0.25) is 4.34 Å². The van der Waals surface area contributed by atoms with Crippen molar-refractivity contribution in [2.75, 3.05) is 19.6 Å². The first kappa shape index (κ1) is 32.2. The number of halogens is 1. The zero-order chi connectivity index (χ0) is 27.6. The molecule has 202 valence electrons. The van der Waals surface area contributed by atoms with Gasteiger partial charge in [-0.2, -0.15) is 0 Å². The molecule has 0 saturated carbocycles. The molecular weight excluding hydrogens is 504 g/mol. The van der Waals surface area contributed by atoms with Crippen molar-refractivity contribution in [3.63, 3.8) is 0 Å². The highest BCUT2D eigenvalue weighted by Gasteiger charge is 2.17. The van der Waals surface area contributed by atoms with E-state index in [1.54, 1.807) is 6.92 Å². The monoisotopic (exact) mass is 544 g/mol. The molecule has 2 aromatic rings. The van der Waals surface area contributed by atoms with Gasteiger partial charge in [0.25, 0.3) is 5.91 Å². The van der Waals surface area contributed by atoms with Crippen LogP contribution < -0.4 is 5.73 Å². The standard InChI is InChI=1S/C19H22ClN3O2S.C7H15N.C3H4/c1-3-5-7-8-15(19(21)24)23(11-6-4-2)13-14-12-16(25-22-14)17-9-10-18(20)26-17;1-7(2)8-5-3-4-6-8;1-3-2/h3-6,8-10,12H,7,11,13H2,1-2H3,(H2,21,24);7H,3-6H2,1-2H3;1H,2H3/b5-3-,6-4-,15-8-;;. The van der Waals surface area contributed by atoms with Crippen LogP contribution in [0, 0.1) is 12.3 Å². The molecule has 3 rings (SSSR count). The number of aromatic nitrogens is 1. The van der Waals surface area contributed by atoms with Gasteiger partial charge in [0, 0.05) is 18.7 Å². The predicted octanol–water partition coefficient (Wildman–Crippen LogP) is 6.90. The number of carbonyl (C=O) groups is 1. The molecule has 8 heteroatoms. The number of carbonyl (C=O) groups excluding carboxylic acids is 1. The molecule has 1 aliphatic rings. The molecule has 3 heterocycles. The molecule has 2 aromatic heterocycles. The van der Waals surface area contributed by atoms with E-state index in [2.05, 4.69) is 36.2 Å². The second-order valence-corrected chi connectivity index (χ2v) is 10.3. The van der Waals surface area contributed by atoms with Gasteiger partial charge in [-0.25, -0.2) is 0 Å². The number of allylic oxidation sites excluding steroid dienone is 4. The lowest BCUT2D eigenvalue weighted by Crippen LogP contribution is -2.31. The minimum Gasteiger partial charge on any atom is -0.364 e. The molecule has 0 aliphatic carbocycles. The van der Waals surface area contributed by atoms with Crippen LogP contribution in [0.25, 0.3) is 10.6 Å². The van der Waals surface area contributed by atoms with E-state index >= 15 is 0 Å². The number of thiophene rings is 1. The second-order valence-electron chi connectivity index (χ2n) is 8.62. The average molecular weight is 545 g/mol. The van der Waals surface area contributed by atoms with E-state index in [9.17, 15) is 4.79 Å². The average Bonchev–Trinajstić information content (AvgIpc) is 3.63. The molecule has 2 N–H and O–H groups in total. The second kappa shape index (κ2) is 18.5. The van der Waals surface area contributed by atoms with Crippen LogP contribution in [0.4, 0.5) is 0 Å². The minimum atomic E-state index is -0.465. The molecular formula is C29H41ClN4O2S. The Bertz CT molecular complexity index is 1060. The molecule has 0 spiro atoms.